The summed E-state index contributed by atoms with van der Waals surface area (Å²) in [5, 5.41) is 2.42. The first-order valence-corrected chi connectivity index (χ1v) is 29.6. The van der Waals surface area contributed by atoms with E-state index in [2.05, 4.69) is 318 Å². The van der Waals surface area contributed by atoms with Crippen LogP contribution in [0.5, 0.6) is 0 Å². The molecule has 1 spiro atoms. The molecule has 0 atom stereocenters. The molecule has 1 aromatic heterocycles. The number of benzene rings is 11. The van der Waals surface area contributed by atoms with Gasteiger partial charge < -0.3 is 9.47 Å². The monoisotopic (exact) mass is 1070 g/mol. The van der Waals surface area contributed by atoms with Gasteiger partial charge in [-0.2, -0.15) is 0 Å². The minimum Gasteiger partial charge on any atom is -0.308 e. The lowest BCUT2D eigenvalue weighted by atomic mass is 9.67. The van der Waals surface area contributed by atoms with Crippen LogP contribution in [0.2, 0.25) is 0 Å². The normalized spacial score (nSPS) is 14.0. The molecule has 0 N–H and O–H groups in total. The number of fused-ring (bicyclic) bond motifs is 12. The van der Waals surface area contributed by atoms with Crippen molar-refractivity contribution >= 4 is 44.4 Å². The van der Waals surface area contributed by atoms with Gasteiger partial charge in [0.15, 0.2) is 0 Å². The average Bonchev–Trinajstić information content (AvgIpc) is 1.77. The van der Waals surface area contributed by atoms with Crippen molar-refractivity contribution in [3.63, 3.8) is 0 Å². The second kappa shape index (κ2) is 19.3. The lowest BCUT2D eigenvalue weighted by molar-refractivity contribution is 0.586. The zero-order chi connectivity index (χ0) is 56.2. The first-order chi connectivity index (χ1) is 40.5. The van der Waals surface area contributed by atoms with Crippen LogP contribution < -0.4 is 4.90 Å². The first-order valence-electron chi connectivity index (χ1n) is 29.6. The van der Waals surface area contributed by atoms with E-state index >= 15 is 0 Å². The van der Waals surface area contributed by atoms with E-state index in [0.29, 0.717) is 0 Å². The van der Waals surface area contributed by atoms with Gasteiger partial charge >= 0.3 is 0 Å². The van der Waals surface area contributed by atoms with E-state index in [1.807, 2.05) is 0 Å². The Balaban J connectivity index is 0.940. The van der Waals surface area contributed by atoms with Gasteiger partial charge in [-0.1, -0.05) is 260 Å². The zero-order valence-corrected chi connectivity index (χ0v) is 48.2. The van der Waals surface area contributed by atoms with Crippen molar-refractivity contribution in [2.45, 2.75) is 70.6 Å². The Morgan fingerprint density at radius 3 is 1.58 bits per heavy atom. The molecule has 400 valence electrons. The van der Waals surface area contributed by atoms with Gasteiger partial charge in [-0.3, -0.25) is 0 Å². The van der Waals surface area contributed by atoms with E-state index in [1.54, 1.807) is 0 Å². The van der Waals surface area contributed by atoms with Crippen LogP contribution in [0.1, 0.15) is 87.8 Å². The second-order valence-electron chi connectivity index (χ2n) is 25.1. The molecule has 3 aliphatic rings. The number of aromatic nitrogens is 1. The first kappa shape index (κ1) is 50.5. The van der Waals surface area contributed by atoms with Crippen molar-refractivity contribution in [3.8, 4) is 61.3 Å². The molecule has 11 aromatic carbocycles. The van der Waals surface area contributed by atoms with E-state index < -0.39 is 5.41 Å². The number of allylic oxidation sites excluding steroid dienone is 4. The highest BCUT2D eigenvalue weighted by Crippen LogP contribution is 2.64. The Labute approximate surface area is 489 Å². The van der Waals surface area contributed by atoms with Gasteiger partial charge in [0.05, 0.1) is 27.8 Å². The van der Waals surface area contributed by atoms with Gasteiger partial charge in [0.2, 0.25) is 0 Å². The third-order valence-corrected chi connectivity index (χ3v) is 18.2. The molecule has 0 radical (unpaired) electrons. The van der Waals surface area contributed by atoms with Crippen LogP contribution in [-0.4, -0.2) is 4.57 Å². The zero-order valence-electron chi connectivity index (χ0n) is 48.2. The molecule has 0 amide bonds. The van der Waals surface area contributed by atoms with Gasteiger partial charge in [0.25, 0.3) is 0 Å². The van der Waals surface area contributed by atoms with Gasteiger partial charge in [-0.05, 0) is 167 Å². The molecule has 2 nitrogen and oxygen atoms in total. The maximum absolute atomic E-state index is 2.57. The summed E-state index contributed by atoms with van der Waals surface area (Å²) in [6.07, 6.45) is 7.00. The summed E-state index contributed by atoms with van der Waals surface area (Å²) in [5.41, 5.74) is 29.7. The fourth-order valence-corrected chi connectivity index (χ4v) is 14.2. The topological polar surface area (TPSA) is 8.17 Å². The minimum absolute atomic E-state index is 0.0125. The number of nitrogens with zero attached hydrogens (tertiary/aromatic N) is 2. The summed E-state index contributed by atoms with van der Waals surface area (Å²) in [7, 11) is 0. The smallest absolute Gasteiger partial charge is 0.0782 e. The molecular formula is C81H66N2. The predicted molar refractivity (Wildman–Crippen MR) is 352 cm³/mol. The third kappa shape index (κ3) is 7.98. The lowest BCUT2D eigenvalue weighted by Gasteiger charge is -2.34. The summed E-state index contributed by atoms with van der Waals surface area (Å²) in [6.45, 7) is 14.1. The molecule has 0 fully saturated rings. The van der Waals surface area contributed by atoms with E-state index in [4.69, 9.17) is 0 Å². The summed E-state index contributed by atoms with van der Waals surface area (Å²) in [5.74, 6) is 0. The van der Waals surface area contributed by atoms with Crippen molar-refractivity contribution in [1.82, 2.24) is 4.57 Å². The van der Waals surface area contributed by atoms with Crippen LogP contribution in [0.4, 0.5) is 17.1 Å². The number of rotatable bonds is 8. The number of anilines is 3. The number of hydrogen-bond acceptors (Lipinski definition) is 1. The lowest BCUT2D eigenvalue weighted by Crippen LogP contribution is -2.28. The molecule has 3 aliphatic carbocycles. The van der Waals surface area contributed by atoms with E-state index in [1.165, 1.54) is 111 Å². The van der Waals surface area contributed by atoms with E-state index in [9.17, 15) is 0 Å². The Kier molecular flexibility index (Phi) is 11.7. The minimum atomic E-state index is -0.445. The summed E-state index contributed by atoms with van der Waals surface area (Å²) in [6, 6.07) is 95.8. The largest absolute Gasteiger partial charge is 0.308 e. The predicted octanol–water partition coefficient (Wildman–Crippen LogP) is 21.9. The summed E-state index contributed by atoms with van der Waals surface area (Å²) in [4.78, 5) is 2.52. The van der Waals surface area contributed by atoms with Crippen molar-refractivity contribution < 1.29 is 0 Å². The highest BCUT2D eigenvalue weighted by Gasteiger charge is 2.53. The van der Waals surface area contributed by atoms with Gasteiger partial charge in [0, 0.05) is 27.7 Å². The molecule has 2 heteroatoms. The van der Waals surface area contributed by atoms with Crippen LogP contribution in [0.3, 0.4) is 0 Å². The van der Waals surface area contributed by atoms with Crippen LogP contribution >= 0.6 is 0 Å². The molecule has 0 unspecified atom stereocenters. The third-order valence-electron chi connectivity index (χ3n) is 18.2. The molecule has 0 saturated heterocycles. The number of para-hydroxylation sites is 4. The molecule has 0 saturated carbocycles. The average molecular weight is 1070 g/mol. The van der Waals surface area contributed by atoms with Gasteiger partial charge in [-0.25, -0.2) is 0 Å². The maximum Gasteiger partial charge on any atom is 0.0782 e. The molecule has 12 aromatic rings. The van der Waals surface area contributed by atoms with Crippen LogP contribution in [0.25, 0.3) is 88.7 Å². The van der Waals surface area contributed by atoms with Crippen molar-refractivity contribution in [2.24, 2.45) is 0 Å². The molecular weight excluding hydrogens is 1000 g/mol. The Morgan fingerprint density at radius 1 is 0.386 bits per heavy atom. The molecule has 15 rings (SSSR count). The molecule has 1 heterocycles. The summed E-state index contributed by atoms with van der Waals surface area (Å²) < 4.78 is 2.46. The molecule has 0 aliphatic heterocycles. The fourth-order valence-electron chi connectivity index (χ4n) is 14.2. The maximum atomic E-state index is 2.57. The SMILES string of the molecule is CC(C)(C)c1ccc2c(c1)C1(C3=C(CCC=C3)c3ccc(-c4ccc(N(c5ccccc5-c5ccccc5-c5ccccc5-c5ccccc5)c5cccc6c7ccccc7n(-c7ccccc7)c56)cc4)cc31)c1cc(C(C)(C)C)ccc1-2. The van der Waals surface area contributed by atoms with Gasteiger partial charge in [0.1, 0.15) is 0 Å². The highest BCUT2D eigenvalue weighted by atomic mass is 15.2. The van der Waals surface area contributed by atoms with Crippen molar-refractivity contribution in [2.75, 3.05) is 4.90 Å². The van der Waals surface area contributed by atoms with Gasteiger partial charge in [-0.15, -0.1) is 0 Å². The standard InChI is InChI=1S/C81H66N2/c1-79(2,3)56-43-48-66-67-49-44-57(80(4,5)6)52-74(67)81(73(66)51-56)71-36-20-17-32-64(71)65-47-42-55(50-72(65)81)53-40-45-59(46-41-53)82(77-39-23-35-70-69-34-19-22-38-76(69)83(78(70)77)58-26-11-8-12-27-58)75-37-21-18-33-68(75)63-31-16-15-30-62(63)61-29-14-13-28-60(61)54-24-9-7-10-25-54/h7-16,18-31,33-52H,17,32H2,1-6H3. The van der Waals surface area contributed by atoms with E-state index in [0.717, 1.165) is 46.7 Å². The Morgan fingerprint density at radius 2 is 0.904 bits per heavy atom. The quantitative estimate of drug-likeness (QED) is 0.147. The molecule has 83 heavy (non-hydrogen) atoms. The molecule has 0 bridgehead atoms. The highest BCUT2D eigenvalue weighted by molar-refractivity contribution is 6.15. The van der Waals surface area contributed by atoms with Crippen molar-refractivity contribution in [1.29, 1.82) is 0 Å². The van der Waals surface area contributed by atoms with Crippen LogP contribution in [0, 0.1) is 0 Å². The number of hydrogen-bond donors (Lipinski definition) is 0. The van der Waals surface area contributed by atoms with E-state index in [-0.39, 0.29) is 10.8 Å². The van der Waals surface area contributed by atoms with Crippen molar-refractivity contribution in [3.05, 3.63) is 306 Å². The summed E-state index contributed by atoms with van der Waals surface area (Å²) >= 11 is 0. The fraction of sp³-hybridized carbons (Fsp3) is 0.136. The van der Waals surface area contributed by atoms with Crippen LogP contribution in [-0.2, 0) is 16.2 Å². The Bertz CT molecular complexity index is 4550. The Hall–Kier alpha value is -9.50. The van der Waals surface area contributed by atoms with Crippen LogP contribution in [0.15, 0.2) is 273 Å². The second-order valence-corrected chi connectivity index (χ2v) is 25.1.